The summed E-state index contributed by atoms with van der Waals surface area (Å²) in [6, 6.07) is 5.08. The smallest absolute Gasteiger partial charge is 0.408 e. The Labute approximate surface area is 122 Å². The number of alkyl halides is 1. The Balaban J connectivity index is 2.50. The van der Waals surface area contributed by atoms with Gasteiger partial charge in [0, 0.05) is 12.8 Å². The second kappa shape index (κ2) is 5.26. The van der Waals surface area contributed by atoms with Crippen molar-refractivity contribution in [3.8, 4) is 0 Å². The van der Waals surface area contributed by atoms with Crippen LogP contribution in [-0.4, -0.2) is 24.5 Å². The van der Waals surface area contributed by atoms with Crippen molar-refractivity contribution in [2.45, 2.75) is 31.0 Å². The Kier molecular flexibility index (Phi) is 3.97. The quantitative estimate of drug-likeness (QED) is 0.812. The fraction of sp³-hybridized carbons (Fsp3) is 0.462. The molecule has 1 heterocycles. The molecule has 1 aromatic carbocycles. The van der Waals surface area contributed by atoms with E-state index in [-0.39, 0.29) is 0 Å². The summed E-state index contributed by atoms with van der Waals surface area (Å²) in [7, 11) is -3.24. The average Bonchev–Trinajstić information content (AvgIpc) is 2.69. The first-order chi connectivity index (χ1) is 9.25. The first-order valence-electron chi connectivity index (χ1n) is 6.22. The van der Waals surface area contributed by atoms with Crippen molar-refractivity contribution in [2.75, 3.05) is 6.26 Å². The standard InChI is InChI=1S/C13H16ClNO4S/c1-4-15-10-6-5-9(7-11(10)19-13(15)16)12(14)8(2)20(3,17)18/h5-8,12H,4H2,1-3H3. The number of oxazole rings is 1. The van der Waals surface area contributed by atoms with Gasteiger partial charge in [-0.25, -0.2) is 13.2 Å². The molecule has 0 aliphatic heterocycles. The number of sulfone groups is 1. The van der Waals surface area contributed by atoms with Gasteiger partial charge in [-0.2, -0.15) is 0 Å². The van der Waals surface area contributed by atoms with Crippen LogP contribution in [-0.2, 0) is 16.4 Å². The number of aryl methyl sites for hydroxylation is 1. The van der Waals surface area contributed by atoms with Crippen LogP contribution >= 0.6 is 11.6 Å². The third kappa shape index (κ3) is 2.62. The van der Waals surface area contributed by atoms with Crippen molar-refractivity contribution in [3.05, 3.63) is 34.3 Å². The second-order valence-corrected chi connectivity index (χ2v) is 7.65. The van der Waals surface area contributed by atoms with E-state index in [9.17, 15) is 13.2 Å². The fourth-order valence-corrected chi connectivity index (χ4v) is 3.33. The molecule has 2 aromatic rings. The molecule has 0 saturated heterocycles. The zero-order valence-corrected chi connectivity index (χ0v) is 13.0. The topological polar surface area (TPSA) is 69.3 Å². The molecule has 2 atom stereocenters. The van der Waals surface area contributed by atoms with Crippen molar-refractivity contribution in [3.63, 3.8) is 0 Å². The van der Waals surface area contributed by atoms with E-state index in [2.05, 4.69) is 0 Å². The van der Waals surface area contributed by atoms with Gasteiger partial charge in [0.2, 0.25) is 0 Å². The molecule has 0 aliphatic rings. The lowest BCUT2D eigenvalue weighted by Gasteiger charge is -2.16. The highest BCUT2D eigenvalue weighted by Gasteiger charge is 2.26. The van der Waals surface area contributed by atoms with E-state index in [0.29, 0.717) is 23.2 Å². The molecule has 2 unspecified atom stereocenters. The summed E-state index contributed by atoms with van der Waals surface area (Å²) in [5, 5.41) is -1.41. The number of halogens is 1. The molecule has 5 nitrogen and oxygen atoms in total. The summed E-state index contributed by atoms with van der Waals surface area (Å²) in [6.07, 6.45) is 1.15. The maximum absolute atomic E-state index is 11.6. The first kappa shape index (κ1) is 15.1. The van der Waals surface area contributed by atoms with Gasteiger partial charge in [-0.05, 0) is 31.5 Å². The molecule has 1 aromatic heterocycles. The molecule has 2 rings (SSSR count). The molecule has 7 heteroatoms. The van der Waals surface area contributed by atoms with Gasteiger partial charge in [0.25, 0.3) is 0 Å². The maximum atomic E-state index is 11.6. The summed E-state index contributed by atoms with van der Waals surface area (Å²) in [4.78, 5) is 11.6. The Bertz CT molecular complexity index is 790. The van der Waals surface area contributed by atoms with Crippen LogP contribution in [0.3, 0.4) is 0 Å². The number of benzene rings is 1. The SMILES string of the molecule is CCn1c(=O)oc2cc(C(Cl)C(C)S(C)(=O)=O)ccc21. The van der Waals surface area contributed by atoms with Crippen molar-refractivity contribution >= 4 is 32.5 Å². The Morgan fingerprint density at radius 1 is 1.40 bits per heavy atom. The summed E-state index contributed by atoms with van der Waals surface area (Å²) >= 11 is 6.22. The summed E-state index contributed by atoms with van der Waals surface area (Å²) < 4.78 is 29.8. The number of hydrogen-bond acceptors (Lipinski definition) is 4. The molecule has 110 valence electrons. The number of aromatic nitrogens is 1. The molecular formula is C13H16ClNO4S. The second-order valence-electron chi connectivity index (χ2n) is 4.78. The third-order valence-corrected chi connectivity index (χ3v) is 5.82. The molecule has 20 heavy (non-hydrogen) atoms. The molecule has 0 bridgehead atoms. The maximum Gasteiger partial charge on any atom is 0.419 e. The van der Waals surface area contributed by atoms with E-state index in [1.54, 1.807) is 25.1 Å². The van der Waals surface area contributed by atoms with Crippen LogP contribution in [0.15, 0.2) is 27.4 Å². The average molecular weight is 318 g/mol. The minimum Gasteiger partial charge on any atom is -0.408 e. The first-order valence-corrected chi connectivity index (χ1v) is 8.61. The van der Waals surface area contributed by atoms with Crippen LogP contribution < -0.4 is 5.76 Å². The van der Waals surface area contributed by atoms with Gasteiger partial charge in [0.05, 0.1) is 16.1 Å². The van der Waals surface area contributed by atoms with E-state index < -0.39 is 26.2 Å². The molecule has 0 radical (unpaired) electrons. The monoisotopic (exact) mass is 317 g/mol. The van der Waals surface area contributed by atoms with Crippen LogP contribution in [0.2, 0.25) is 0 Å². The summed E-state index contributed by atoms with van der Waals surface area (Å²) in [5.74, 6) is -0.429. The molecule has 0 N–H and O–H groups in total. The highest BCUT2D eigenvalue weighted by Crippen LogP contribution is 2.30. The van der Waals surface area contributed by atoms with E-state index in [1.165, 1.54) is 4.57 Å². The number of hydrogen-bond donors (Lipinski definition) is 0. The van der Waals surface area contributed by atoms with Crippen LogP contribution in [0.5, 0.6) is 0 Å². The fourth-order valence-electron chi connectivity index (χ4n) is 2.04. The van der Waals surface area contributed by atoms with Gasteiger partial charge in [-0.3, -0.25) is 4.57 Å². The highest BCUT2D eigenvalue weighted by molar-refractivity contribution is 7.91. The molecular weight excluding hydrogens is 302 g/mol. The van der Waals surface area contributed by atoms with Gasteiger partial charge in [-0.15, -0.1) is 11.6 Å². The van der Waals surface area contributed by atoms with Gasteiger partial charge in [-0.1, -0.05) is 6.07 Å². The molecule has 0 spiro atoms. The van der Waals surface area contributed by atoms with E-state index in [0.717, 1.165) is 6.26 Å². The Hall–Kier alpha value is -1.27. The van der Waals surface area contributed by atoms with Gasteiger partial charge in [0.15, 0.2) is 15.4 Å². The molecule has 0 aliphatic carbocycles. The predicted molar refractivity (Wildman–Crippen MR) is 79.0 cm³/mol. The van der Waals surface area contributed by atoms with Crippen molar-refractivity contribution in [1.29, 1.82) is 0 Å². The van der Waals surface area contributed by atoms with Gasteiger partial charge < -0.3 is 4.42 Å². The van der Waals surface area contributed by atoms with Gasteiger partial charge >= 0.3 is 5.76 Å². The lowest BCUT2D eigenvalue weighted by molar-refractivity contribution is 0.513. The van der Waals surface area contributed by atoms with Crippen LogP contribution in [0, 0.1) is 0 Å². The molecule has 0 fully saturated rings. The van der Waals surface area contributed by atoms with Crippen molar-refractivity contribution in [1.82, 2.24) is 4.57 Å². The largest absolute Gasteiger partial charge is 0.419 e. The Morgan fingerprint density at radius 3 is 2.60 bits per heavy atom. The van der Waals surface area contributed by atoms with Crippen molar-refractivity contribution < 1.29 is 12.8 Å². The highest BCUT2D eigenvalue weighted by atomic mass is 35.5. The van der Waals surface area contributed by atoms with Crippen LogP contribution in [0.25, 0.3) is 11.1 Å². The molecule has 0 amide bonds. The van der Waals surface area contributed by atoms with E-state index >= 15 is 0 Å². The van der Waals surface area contributed by atoms with Crippen LogP contribution in [0.1, 0.15) is 24.8 Å². The Morgan fingerprint density at radius 2 is 2.05 bits per heavy atom. The zero-order valence-electron chi connectivity index (χ0n) is 11.5. The minimum atomic E-state index is -3.24. The zero-order chi connectivity index (χ0) is 15.1. The minimum absolute atomic E-state index is 0.417. The third-order valence-electron chi connectivity index (χ3n) is 3.41. The summed E-state index contributed by atoms with van der Waals surface area (Å²) in [6.45, 7) is 3.92. The lowest BCUT2D eigenvalue weighted by atomic mass is 10.1. The van der Waals surface area contributed by atoms with E-state index in [1.807, 2.05) is 6.92 Å². The van der Waals surface area contributed by atoms with E-state index in [4.69, 9.17) is 16.0 Å². The van der Waals surface area contributed by atoms with Gasteiger partial charge in [0.1, 0.15) is 0 Å². The normalized spacial score (nSPS) is 15.4. The molecule has 0 saturated carbocycles. The summed E-state index contributed by atoms with van der Waals surface area (Å²) in [5.41, 5.74) is 1.71. The number of fused-ring (bicyclic) bond motifs is 1. The number of nitrogens with zero attached hydrogens (tertiary/aromatic N) is 1. The predicted octanol–water partition coefficient (Wildman–Crippen LogP) is 2.33. The number of rotatable bonds is 4. The lowest BCUT2D eigenvalue weighted by Crippen LogP contribution is -2.21. The van der Waals surface area contributed by atoms with Crippen LogP contribution in [0.4, 0.5) is 0 Å². The van der Waals surface area contributed by atoms with Crippen molar-refractivity contribution in [2.24, 2.45) is 0 Å².